The minimum atomic E-state index is -0.223. The molecule has 26 heavy (non-hydrogen) atoms. The van der Waals surface area contributed by atoms with Crippen molar-refractivity contribution in [2.24, 2.45) is 23.7 Å². The van der Waals surface area contributed by atoms with Gasteiger partial charge in [0.05, 0.1) is 5.92 Å². The summed E-state index contributed by atoms with van der Waals surface area (Å²) in [5, 5.41) is 3.44. The summed E-state index contributed by atoms with van der Waals surface area (Å²) < 4.78 is 0.990. The van der Waals surface area contributed by atoms with E-state index >= 15 is 0 Å². The summed E-state index contributed by atoms with van der Waals surface area (Å²) in [5.41, 5.74) is 0.906. The normalized spacial score (nSPS) is 38.0. The fourth-order valence-corrected chi connectivity index (χ4v) is 6.65. The standard InChI is InChI=1S/C21H25BrN2O2/c22-17-1-3-18(4-2-17)24-12-16(8-19(24)25)20(26)23-21-9-13-5-14(10-21)7-15(6-13)11-21/h1-4,13-16H,5-12H2,(H,23,26)/t13?,14?,15?,16-,21?/m1/s1. The van der Waals surface area contributed by atoms with Crippen LogP contribution in [0.3, 0.4) is 0 Å². The van der Waals surface area contributed by atoms with Gasteiger partial charge in [0, 0.05) is 28.7 Å². The molecule has 0 spiro atoms. The first-order chi connectivity index (χ1) is 12.5. The number of halogens is 1. The summed E-state index contributed by atoms with van der Waals surface area (Å²) in [5.74, 6) is 2.36. The molecule has 1 saturated heterocycles. The number of hydrogen-bond acceptors (Lipinski definition) is 2. The number of nitrogens with zero attached hydrogens (tertiary/aromatic N) is 1. The maximum Gasteiger partial charge on any atom is 0.227 e. The highest BCUT2D eigenvalue weighted by Crippen LogP contribution is 2.55. The van der Waals surface area contributed by atoms with E-state index in [9.17, 15) is 9.59 Å². The van der Waals surface area contributed by atoms with Crippen molar-refractivity contribution in [3.05, 3.63) is 28.7 Å². The van der Waals surface area contributed by atoms with Crippen molar-refractivity contribution in [2.75, 3.05) is 11.4 Å². The van der Waals surface area contributed by atoms with Gasteiger partial charge in [-0.2, -0.15) is 0 Å². The van der Waals surface area contributed by atoms with Crippen LogP contribution in [0.5, 0.6) is 0 Å². The number of amides is 2. The first-order valence-corrected chi connectivity index (χ1v) is 10.7. The SMILES string of the molecule is O=C(NC12CC3CC(CC(C3)C1)C2)[C@@H]1CC(=O)N(c2ccc(Br)cc2)C1. The molecule has 5 fully saturated rings. The number of rotatable bonds is 3. The summed E-state index contributed by atoms with van der Waals surface area (Å²) >= 11 is 3.42. The number of carbonyl (C=O) groups is 2. The Hall–Kier alpha value is -1.36. The maximum atomic E-state index is 13.0. The number of anilines is 1. The van der Waals surface area contributed by atoms with Gasteiger partial charge >= 0.3 is 0 Å². The lowest BCUT2D eigenvalue weighted by Crippen LogP contribution is -2.60. The Morgan fingerprint density at radius 2 is 1.62 bits per heavy atom. The number of benzene rings is 1. The zero-order valence-corrected chi connectivity index (χ0v) is 16.5. The van der Waals surface area contributed by atoms with Crippen molar-refractivity contribution in [2.45, 2.75) is 50.5 Å². The molecule has 1 aromatic rings. The van der Waals surface area contributed by atoms with Gasteiger partial charge in [0.1, 0.15) is 0 Å². The predicted molar refractivity (Wildman–Crippen MR) is 104 cm³/mol. The molecule has 6 rings (SSSR count). The van der Waals surface area contributed by atoms with E-state index < -0.39 is 0 Å². The van der Waals surface area contributed by atoms with E-state index in [0.717, 1.165) is 47.2 Å². The second-order valence-corrected chi connectivity index (χ2v) is 9.98. The zero-order valence-electron chi connectivity index (χ0n) is 14.9. The van der Waals surface area contributed by atoms with Crippen LogP contribution in [-0.2, 0) is 9.59 Å². The van der Waals surface area contributed by atoms with Crippen LogP contribution in [-0.4, -0.2) is 23.9 Å². The highest BCUT2D eigenvalue weighted by atomic mass is 79.9. The minimum Gasteiger partial charge on any atom is -0.350 e. The summed E-state index contributed by atoms with van der Waals surface area (Å²) in [6, 6.07) is 7.74. The second kappa shape index (κ2) is 6.08. The molecule has 4 bridgehead atoms. The molecule has 1 aliphatic heterocycles. The van der Waals surface area contributed by atoms with Gasteiger partial charge in [-0.1, -0.05) is 15.9 Å². The Bertz CT molecular complexity index is 710. The zero-order chi connectivity index (χ0) is 17.9. The average molecular weight is 417 g/mol. The van der Waals surface area contributed by atoms with Crippen molar-refractivity contribution in [1.82, 2.24) is 5.32 Å². The van der Waals surface area contributed by atoms with Crippen LogP contribution in [0, 0.1) is 23.7 Å². The van der Waals surface area contributed by atoms with E-state index in [2.05, 4.69) is 21.2 Å². The van der Waals surface area contributed by atoms with Crippen molar-refractivity contribution >= 4 is 33.4 Å². The minimum absolute atomic E-state index is 0.0277. The molecule has 4 nitrogen and oxygen atoms in total. The third-order valence-corrected chi connectivity index (χ3v) is 7.59. The van der Waals surface area contributed by atoms with Gasteiger partial charge in [0.25, 0.3) is 0 Å². The van der Waals surface area contributed by atoms with E-state index in [1.54, 1.807) is 4.90 Å². The molecule has 1 N–H and O–H groups in total. The van der Waals surface area contributed by atoms with Gasteiger partial charge in [-0.05, 0) is 80.5 Å². The van der Waals surface area contributed by atoms with Crippen LogP contribution in [0.25, 0.3) is 0 Å². The molecule has 2 amide bonds. The molecule has 0 unspecified atom stereocenters. The summed E-state index contributed by atoms with van der Waals surface area (Å²) in [6.45, 7) is 0.499. The Morgan fingerprint density at radius 3 is 2.19 bits per heavy atom. The topological polar surface area (TPSA) is 49.4 Å². The molecule has 0 radical (unpaired) electrons. The Labute approximate surface area is 162 Å². The first kappa shape index (κ1) is 16.8. The predicted octanol–water partition coefficient (Wildman–Crippen LogP) is 3.89. The number of nitrogens with one attached hydrogen (secondary N) is 1. The molecule has 5 aliphatic rings. The number of carbonyl (C=O) groups excluding carboxylic acids is 2. The van der Waals surface area contributed by atoms with E-state index in [1.807, 2.05) is 24.3 Å². The quantitative estimate of drug-likeness (QED) is 0.812. The maximum absolute atomic E-state index is 13.0. The second-order valence-electron chi connectivity index (χ2n) is 9.07. The lowest BCUT2D eigenvalue weighted by atomic mass is 9.53. The lowest BCUT2D eigenvalue weighted by Gasteiger charge is -2.57. The smallest absolute Gasteiger partial charge is 0.227 e. The molecule has 1 aromatic carbocycles. The number of hydrogen-bond donors (Lipinski definition) is 1. The molecular formula is C21H25BrN2O2. The summed E-state index contributed by atoms with van der Waals surface area (Å²) in [4.78, 5) is 27.2. The largest absolute Gasteiger partial charge is 0.350 e. The van der Waals surface area contributed by atoms with Crippen LogP contribution < -0.4 is 10.2 Å². The van der Waals surface area contributed by atoms with Crippen LogP contribution in [0.4, 0.5) is 5.69 Å². The Kier molecular flexibility index (Phi) is 3.93. The third-order valence-electron chi connectivity index (χ3n) is 7.06. The highest BCUT2D eigenvalue weighted by molar-refractivity contribution is 9.10. The molecule has 4 saturated carbocycles. The molecule has 4 aliphatic carbocycles. The van der Waals surface area contributed by atoms with Gasteiger partial charge in [-0.15, -0.1) is 0 Å². The van der Waals surface area contributed by atoms with Gasteiger partial charge in [-0.3, -0.25) is 9.59 Å². The van der Waals surface area contributed by atoms with Crippen LogP contribution in [0.1, 0.15) is 44.9 Å². The van der Waals surface area contributed by atoms with Gasteiger partial charge in [0.15, 0.2) is 0 Å². The molecule has 1 heterocycles. The summed E-state index contributed by atoms with van der Waals surface area (Å²) in [6.07, 6.45) is 7.90. The van der Waals surface area contributed by atoms with Crippen molar-refractivity contribution in [3.63, 3.8) is 0 Å². The molecule has 1 atom stereocenters. The van der Waals surface area contributed by atoms with Gasteiger partial charge in [0.2, 0.25) is 11.8 Å². The van der Waals surface area contributed by atoms with Crippen LogP contribution in [0.2, 0.25) is 0 Å². The van der Waals surface area contributed by atoms with Crippen molar-refractivity contribution < 1.29 is 9.59 Å². The lowest BCUT2D eigenvalue weighted by molar-refractivity contribution is -0.131. The average Bonchev–Trinajstić information content (AvgIpc) is 2.96. The van der Waals surface area contributed by atoms with Gasteiger partial charge in [-0.25, -0.2) is 0 Å². The third kappa shape index (κ3) is 2.88. The monoisotopic (exact) mass is 416 g/mol. The Balaban J connectivity index is 1.28. The molecule has 138 valence electrons. The van der Waals surface area contributed by atoms with Crippen molar-refractivity contribution in [1.29, 1.82) is 0 Å². The molecular weight excluding hydrogens is 392 g/mol. The first-order valence-electron chi connectivity index (χ1n) is 9.88. The molecule has 5 heteroatoms. The van der Waals surface area contributed by atoms with Crippen molar-refractivity contribution in [3.8, 4) is 0 Å². The van der Waals surface area contributed by atoms with Crippen LogP contribution >= 0.6 is 15.9 Å². The fourth-order valence-electron chi connectivity index (χ4n) is 6.38. The van der Waals surface area contributed by atoms with E-state index in [1.165, 1.54) is 19.3 Å². The van der Waals surface area contributed by atoms with E-state index in [-0.39, 0.29) is 23.3 Å². The molecule has 0 aromatic heterocycles. The van der Waals surface area contributed by atoms with E-state index in [4.69, 9.17) is 0 Å². The Morgan fingerprint density at radius 1 is 1.04 bits per heavy atom. The van der Waals surface area contributed by atoms with E-state index in [0.29, 0.717) is 13.0 Å². The fraction of sp³-hybridized carbons (Fsp3) is 0.619. The van der Waals surface area contributed by atoms with Gasteiger partial charge < -0.3 is 10.2 Å². The van der Waals surface area contributed by atoms with Crippen LogP contribution in [0.15, 0.2) is 28.7 Å². The highest BCUT2D eigenvalue weighted by Gasteiger charge is 2.52. The summed E-state index contributed by atoms with van der Waals surface area (Å²) in [7, 11) is 0.